The van der Waals surface area contributed by atoms with Crippen molar-refractivity contribution in [3.8, 4) is 0 Å². The molecule has 2 unspecified atom stereocenters. The van der Waals surface area contributed by atoms with Gasteiger partial charge in [-0.3, -0.25) is 4.79 Å². The first kappa shape index (κ1) is 19.4. The Bertz CT molecular complexity index is 701. The van der Waals surface area contributed by atoms with E-state index in [1.54, 1.807) is 0 Å². The first-order valence-electron chi connectivity index (χ1n) is 8.41. The van der Waals surface area contributed by atoms with E-state index in [2.05, 4.69) is 53.6 Å². The number of carbonyl (C=O) groups is 1. The van der Waals surface area contributed by atoms with Crippen molar-refractivity contribution in [1.82, 2.24) is 20.4 Å². The van der Waals surface area contributed by atoms with E-state index in [0.29, 0.717) is 31.1 Å². The molecule has 0 saturated carbocycles. The number of benzene rings is 1. The van der Waals surface area contributed by atoms with Gasteiger partial charge in [0.2, 0.25) is 11.8 Å². The summed E-state index contributed by atoms with van der Waals surface area (Å²) in [6, 6.07) is 8.41. The van der Waals surface area contributed by atoms with Gasteiger partial charge in [0, 0.05) is 25.4 Å². The molecule has 1 N–H and O–H groups in total. The zero-order valence-corrected chi connectivity index (χ0v) is 15.7. The van der Waals surface area contributed by atoms with Crippen molar-refractivity contribution in [3.63, 3.8) is 0 Å². The van der Waals surface area contributed by atoms with E-state index in [9.17, 15) is 4.79 Å². The van der Waals surface area contributed by atoms with E-state index in [-0.39, 0.29) is 30.4 Å². The third-order valence-corrected chi connectivity index (χ3v) is 4.55. The molecule has 25 heavy (non-hydrogen) atoms. The fraction of sp³-hybridized carbons (Fsp3) is 0.500. The van der Waals surface area contributed by atoms with Gasteiger partial charge in [0.15, 0.2) is 5.82 Å². The highest BCUT2D eigenvalue weighted by molar-refractivity contribution is 5.85. The Labute approximate surface area is 154 Å². The number of hydrogen-bond donors (Lipinski definition) is 1. The van der Waals surface area contributed by atoms with Crippen LogP contribution >= 0.6 is 12.4 Å². The summed E-state index contributed by atoms with van der Waals surface area (Å²) < 4.78 is 5.45. The zero-order chi connectivity index (χ0) is 17.1. The minimum Gasteiger partial charge on any atom is -0.337 e. The van der Waals surface area contributed by atoms with Crippen molar-refractivity contribution in [2.45, 2.75) is 51.7 Å². The number of nitrogens with one attached hydrogen (secondary N) is 1. The van der Waals surface area contributed by atoms with Crippen molar-refractivity contribution >= 4 is 18.3 Å². The van der Waals surface area contributed by atoms with Gasteiger partial charge in [-0.25, -0.2) is 0 Å². The van der Waals surface area contributed by atoms with Crippen molar-refractivity contribution in [3.05, 3.63) is 47.1 Å². The monoisotopic (exact) mass is 364 g/mol. The lowest BCUT2D eigenvalue weighted by Crippen LogP contribution is -2.27. The SMILES string of the molecule is CNC(C)Cc1noc(C2CCC(=O)N2Cc2ccc(C)cc2)n1.Cl. The summed E-state index contributed by atoms with van der Waals surface area (Å²) >= 11 is 0. The summed E-state index contributed by atoms with van der Waals surface area (Å²) in [5.41, 5.74) is 2.33. The number of carbonyl (C=O) groups excluding carboxylic acids is 1. The number of likely N-dealkylation sites (tertiary alicyclic amines) is 1. The van der Waals surface area contributed by atoms with E-state index < -0.39 is 0 Å². The predicted octanol–water partition coefficient (Wildman–Crippen LogP) is 2.81. The molecule has 1 aliphatic heterocycles. The quantitative estimate of drug-likeness (QED) is 0.853. The molecule has 1 fully saturated rings. The minimum absolute atomic E-state index is 0. The summed E-state index contributed by atoms with van der Waals surface area (Å²) in [5.74, 6) is 1.37. The lowest BCUT2D eigenvalue weighted by Gasteiger charge is -2.22. The lowest BCUT2D eigenvalue weighted by molar-refractivity contribution is -0.129. The van der Waals surface area contributed by atoms with Gasteiger partial charge in [-0.15, -0.1) is 12.4 Å². The maximum absolute atomic E-state index is 12.3. The van der Waals surface area contributed by atoms with Crippen LogP contribution in [-0.2, 0) is 17.8 Å². The molecule has 1 aromatic heterocycles. The van der Waals surface area contributed by atoms with Gasteiger partial charge in [0.1, 0.15) is 6.04 Å². The Hall–Kier alpha value is -1.92. The molecule has 7 heteroatoms. The normalized spacial score (nSPS) is 18.3. The molecule has 2 atom stereocenters. The van der Waals surface area contributed by atoms with Crippen molar-refractivity contribution in [2.24, 2.45) is 0 Å². The Morgan fingerprint density at radius 3 is 2.76 bits per heavy atom. The van der Waals surface area contributed by atoms with Crippen LogP contribution in [0.5, 0.6) is 0 Å². The third kappa shape index (κ3) is 4.58. The van der Waals surface area contributed by atoms with Crippen LogP contribution in [0.2, 0.25) is 0 Å². The van der Waals surface area contributed by atoms with Crippen LogP contribution in [0, 0.1) is 6.92 Å². The smallest absolute Gasteiger partial charge is 0.249 e. The molecule has 0 spiro atoms. The Morgan fingerprint density at radius 2 is 2.08 bits per heavy atom. The summed E-state index contributed by atoms with van der Waals surface area (Å²) in [6.07, 6.45) is 1.97. The third-order valence-electron chi connectivity index (χ3n) is 4.55. The van der Waals surface area contributed by atoms with Gasteiger partial charge in [-0.1, -0.05) is 35.0 Å². The predicted molar refractivity (Wildman–Crippen MR) is 97.5 cm³/mol. The average Bonchev–Trinajstić information content (AvgIpc) is 3.17. The van der Waals surface area contributed by atoms with E-state index in [1.807, 2.05) is 11.9 Å². The molecule has 3 rings (SSSR count). The van der Waals surface area contributed by atoms with Gasteiger partial charge < -0.3 is 14.7 Å². The maximum Gasteiger partial charge on any atom is 0.249 e. The molecule has 0 bridgehead atoms. The molecule has 1 aliphatic rings. The average molecular weight is 365 g/mol. The molecule has 1 amide bonds. The topological polar surface area (TPSA) is 71.3 Å². The van der Waals surface area contributed by atoms with E-state index in [1.165, 1.54) is 5.56 Å². The van der Waals surface area contributed by atoms with Gasteiger partial charge in [-0.05, 0) is 32.9 Å². The van der Waals surface area contributed by atoms with Crippen LogP contribution in [0.1, 0.15) is 48.6 Å². The van der Waals surface area contributed by atoms with Gasteiger partial charge in [0.05, 0.1) is 0 Å². The second-order valence-electron chi connectivity index (χ2n) is 6.50. The van der Waals surface area contributed by atoms with Crippen LogP contribution in [0.3, 0.4) is 0 Å². The fourth-order valence-electron chi connectivity index (χ4n) is 2.94. The van der Waals surface area contributed by atoms with Crippen molar-refractivity contribution in [2.75, 3.05) is 7.05 Å². The minimum atomic E-state index is -0.120. The molecular formula is C18H25ClN4O2. The summed E-state index contributed by atoms with van der Waals surface area (Å²) in [5, 5.41) is 7.22. The molecule has 1 saturated heterocycles. The molecule has 1 aromatic carbocycles. The Balaban J connectivity index is 0.00000225. The number of nitrogens with zero attached hydrogens (tertiary/aromatic N) is 3. The molecule has 2 aromatic rings. The highest BCUT2D eigenvalue weighted by Gasteiger charge is 2.35. The Morgan fingerprint density at radius 1 is 1.36 bits per heavy atom. The molecule has 0 radical (unpaired) electrons. The molecule has 2 heterocycles. The standard InChI is InChI=1S/C18H24N4O2.ClH/c1-12-4-6-14(7-5-12)11-22-15(8-9-17(22)23)18-20-16(21-24-18)10-13(2)19-3;/h4-7,13,15,19H,8-11H2,1-3H3;1H. The molecule has 6 nitrogen and oxygen atoms in total. The maximum atomic E-state index is 12.3. The number of rotatable bonds is 6. The fourth-order valence-corrected chi connectivity index (χ4v) is 2.94. The second-order valence-corrected chi connectivity index (χ2v) is 6.50. The Kier molecular flexibility index (Phi) is 6.56. The van der Waals surface area contributed by atoms with E-state index >= 15 is 0 Å². The number of amides is 1. The van der Waals surface area contributed by atoms with Gasteiger partial charge >= 0.3 is 0 Å². The summed E-state index contributed by atoms with van der Waals surface area (Å²) in [4.78, 5) is 18.6. The highest BCUT2D eigenvalue weighted by Crippen LogP contribution is 2.33. The zero-order valence-electron chi connectivity index (χ0n) is 14.9. The first-order chi connectivity index (χ1) is 11.6. The van der Waals surface area contributed by atoms with Crippen LogP contribution < -0.4 is 5.32 Å². The van der Waals surface area contributed by atoms with E-state index in [0.717, 1.165) is 12.0 Å². The highest BCUT2D eigenvalue weighted by atomic mass is 35.5. The van der Waals surface area contributed by atoms with Crippen LogP contribution in [0.15, 0.2) is 28.8 Å². The molecule has 136 valence electrons. The number of halogens is 1. The number of aryl methyl sites for hydroxylation is 1. The second kappa shape index (κ2) is 8.45. The van der Waals surface area contributed by atoms with Gasteiger partial charge in [-0.2, -0.15) is 4.98 Å². The van der Waals surface area contributed by atoms with Crippen LogP contribution in [-0.4, -0.2) is 34.0 Å². The number of hydrogen-bond acceptors (Lipinski definition) is 5. The summed E-state index contributed by atoms with van der Waals surface area (Å²) in [6.45, 7) is 4.70. The summed E-state index contributed by atoms with van der Waals surface area (Å²) in [7, 11) is 1.91. The molecule has 0 aliphatic carbocycles. The molecular weight excluding hydrogens is 340 g/mol. The van der Waals surface area contributed by atoms with Crippen molar-refractivity contribution < 1.29 is 9.32 Å². The number of likely N-dealkylation sites (N-methyl/N-ethyl adjacent to an activating group) is 1. The van der Waals surface area contributed by atoms with Gasteiger partial charge in [0.25, 0.3) is 0 Å². The largest absolute Gasteiger partial charge is 0.337 e. The van der Waals surface area contributed by atoms with Crippen molar-refractivity contribution in [1.29, 1.82) is 0 Å². The number of aromatic nitrogens is 2. The van der Waals surface area contributed by atoms with Crippen LogP contribution in [0.25, 0.3) is 0 Å². The van der Waals surface area contributed by atoms with Crippen LogP contribution in [0.4, 0.5) is 0 Å². The van der Waals surface area contributed by atoms with E-state index in [4.69, 9.17) is 4.52 Å². The lowest BCUT2D eigenvalue weighted by atomic mass is 10.1. The first-order valence-corrected chi connectivity index (χ1v) is 8.41.